The minimum absolute atomic E-state index is 0.221. The summed E-state index contributed by atoms with van der Waals surface area (Å²) in [6, 6.07) is 0. The van der Waals surface area contributed by atoms with Gasteiger partial charge < -0.3 is 19.5 Å². The predicted octanol–water partition coefficient (Wildman–Crippen LogP) is 2.74. The molecule has 0 amide bonds. The smallest absolute Gasteiger partial charge is 0.309 e. The maximum Gasteiger partial charge on any atom is 0.309 e. The molecule has 0 aliphatic carbocycles. The highest BCUT2D eigenvalue weighted by molar-refractivity contribution is 6.20. The second-order valence-electron chi connectivity index (χ2n) is 7.07. The van der Waals surface area contributed by atoms with Crippen LogP contribution in [0.1, 0.15) is 41.0 Å². The van der Waals surface area contributed by atoms with E-state index in [1.807, 2.05) is 46.7 Å². The highest BCUT2D eigenvalue weighted by atomic mass is 35.5. The van der Waals surface area contributed by atoms with Crippen LogP contribution in [0.25, 0.3) is 0 Å². The SMILES string of the molecule is CCOC(=O)C(C)C(C)(C)CC(C(C)Cl)C(O)OCCN(C)C. The van der Waals surface area contributed by atoms with Gasteiger partial charge in [0.2, 0.25) is 0 Å². The van der Waals surface area contributed by atoms with Gasteiger partial charge in [-0.15, -0.1) is 11.6 Å². The molecule has 0 radical (unpaired) electrons. The normalized spacial score (nSPS) is 17.7. The lowest BCUT2D eigenvalue weighted by Crippen LogP contribution is -2.39. The third-order valence-electron chi connectivity index (χ3n) is 4.36. The van der Waals surface area contributed by atoms with Crippen molar-refractivity contribution in [2.75, 3.05) is 33.9 Å². The highest BCUT2D eigenvalue weighted by Gasteiger charge is 2.38. The van der Waals surface area contributed by atoms with Crippen molar-refractivity contribution in [2.45, 2.75) is 52.7 Å². The summed E-state index contributed by atoms with van der Waals surface area (Å²) >= 11 is 6.27. The van der Waals surface area contributed by atoms with Gasteiger partial charge in [0.15, 0.2) is 6.29 Å². The molecule has 0 aliphatic heterocycles. The fourth-order valence-corrected chi connectivity index (χ4v) is 2.55. The van der Waals surface area contributed by atoms with Gasteiger partial charge in [-0.3, -0.25) is 4.79 Å². The molecule has 0 aromatic carbocycles. The molecule has 4 unspecified atom stereocenters. The number of carbonyl (C=O) groups is 1. The molecule has 4 atom stereocenters. The molecule has 23 heavy (non-hydrogen) atoms. The monoisotopic (exact) mass is 351 g/mol. The van der Waals surface area contributed by atoms with Gasteiger partial charge in [0.05, 0.1) is 19.1 Å². The van der Waals surface area contributed by atoms with Crippen molar-refractivity contribution >= 4 is 17.6 Å². The average Bonchev–Trinajstić information content (AvgIpc) is 2.43. The Bertz CT molecular complexity index is 347. The first-order valence-corrected chi connectivity index (χ1v) is 8.71. The molecule has 0 heterocycles. The standard InChI is InChI=1S/C17H34ClNO4/c1-8-22-15(20)12(2)17(4,5)11-14(13(3)18)16(21)23-10-9-19(6)7/h12-14,16,21H,8-11H2,1-7H3. The van der Waals surface area contributed by atoms with E-state index in [0.717, 1.165) is 6.54 Å². The summed E-state index contributed by atoms with van der Waals surface area (Å²) in [6.07, 6.45) is -0.378. The molecule has 0 saturated heterocycles. The summed E-state index contributed by atoms with van der Waals surface area (Å²) in [5.41, 5.74) is -0.355. The quantitative estimate of drug-likeness (QED) is 0.352. The molecule has 5 nitrogen and oxygen atoms in total. The van der Waals surface area contributed by atoms with Gasteiger partial charge in [-0.1, -0.05) is 20.8 Å². The lowest BCUT2D eigenvalue weighted by atomic mass is 9.72. The third kappa shape index (κ3) is 8.34. The number of halogens is 1. The van der Waals surface area contributed by atoms with E-state index >= 15 is 0 Å². The maximum absolute atomic E-state index is 12.0. The molecule has 0 aromatic heterocycles. The van der Waals surface area contributed by atoms with E-state index in [9.17, 15) is 9.90 Å². The highest BCUT2D eigenvalue weighted by Crippen LogP contribution is 2.38. The summed E-state index contributed by atoms with van der Waals surface area (Å²) in [6.45, 7) is 11.0. The zero-order chi connectivity index (χ0) is 18.2. The molecular weight excluding hydrogens is 318 g/mol. The summed E-state index contributed by atoms with van der Waals surface area (Å²) in [5.74, 6) is -0.762. The molecule has 0 saturated carbocycles. The summed E-state index contributed by atoms with van der Waals surface area (Å²) in [7, 11) is 3.89. The van der Waals surface area contributed by atoms with E-state index in [1.54, 1.807) is 6.92 Å². The lowest BCUT2D eigenvalue weighted by molar-refractivity contribution is -0.158. The number of hydrogen-bond donors (Lipinski definition) is 1. The number of aliphatic hydroxyl groups is 1. The molecular formula is C17H34ClNO4. The topological polar surface area (TPSA) is 59.0 Å². The Morgan fingerprint density at radius 3 is 2.30 bits per heavy atom. The van der Waals surface area contributed by atoms with Crippen molar-refractivity contribution in [1.29, 1.82) is 0 Å². The van der Waals surface area contributed by atoms with Crippen molar-refractivity contribution in [3.8, 4) is 0 Å². The van der Waals surface area contributed by atoms with Crippen LogP contribution in [0.2, 0.25) is 0 Å². The Labute approximate surface area is 146 Å². The first-order chi connectivity index (χ1) is 10.5. The Balaban J connectivity index is 4.80. The summed E-state index contributed by atoms with van der Waals surface area (Å²) in [5, 5.41) is 10.1. The zero-order valence-electron chi connectivity index (χ0n) is 15.6. The number of hydrogen-bond acceptors (Lipinski definition) is 5. The lowest BCUT2D eigenvalue weighted by Gasteiger charge is -2.36. The molecule has 0 rings (SSSR count). The van der Waals surface area contributed by atoms with Gasteiger partial charge >= 0.3 is 5.97 Å². The fourth-order valence-electron chi connectivity index (χ4n) is 2.34. The van der Waals surface area contributed by atoms with Gasteiger partial charge in [0.25, 0.3) is 0 Å². The molecule has 0 fully saturated rings. The summed E-state index contributed by atoms with van der Waals surface area (Å²) in [4.78, 5) is 14.0. The second kappa shape index (κ2) is 10.5. The number of likely N-dealkylation sites (N-methyl/N-ethyl adjacent to an activating group) is 1. The first-order valence-electron chi connectivity index (χ1n) is 8.28. The van der Waals surface area contributed by atoms with Crippen molar-refractivity contribution < 1.29 is 19.4 Å². The number of alkyl halides is 1. The van der Waals surface area contributed by atoms with Crippen LogP contribution < -0.4 is 0 Å². The van der Waals surface area contributed by atoms with Gasteiger partial charge in [-0.25, -0.2) is 0 Å². The van der Waals surface area contributed by atoms with Crippen LogP contribution in [-0.2, 0) is 14.3 Å². The number of carbonyl (C=O) groups excluding carboxylic acids is 1. The molecule has 0 bridgehead atoms. The second-order valence-corrected chi connectivity index (χ2v) is 7.76. The van der Waals surface area contributed by atoms with Crippen LogP contribution in [0, 0.1) is 17.3 Å². The number of nitrogens with zero attached hydrogens (tertiary/aromatic N) is 1. The number of aliphatic hydroxyl groups excluding tert-OH is 1. The van der Waals surface area contributed by atoms with E-state index in [1.165, 1.54) is 0 Å². The number of esters is 1. The maximum atomic E-state index is 12.0. The van der Waals surface area contributed by atoms with E-state index < -0.39 is 6.29 Å². The van der Waals surface area contributed by atoms with Crippen molar-refractivity contribution in [3.05, 3.63) is 0 Å². The Morgan fingerprint density at radius 1 is 1.30 bits per heavy atom. The van der Waals surface area contributed by atoms with Crippen molar-refractivity contribution in [2.24, 2.45) is 17.3 Å². The van der Waals surface area contributed by atoms with Gasteiger partial charge in [0, 0.05) is 17.8 Å². The van der Waals surface area contributed by atoms with Crippen LogP contribution >= 0.6 is 11.6 Å². The van der Waals surface area contributed by atoms with Crippen LogP contribution in [0.4, 0.5) is 0 Å². The van der Waals surface area contributed by atoms with E-state index in [0.29, 0.717) is 19.6 Å². The average molecular weight is 352 g/mol. The Hall–Kier alpha value is -0.360. The molecule has 0 aliphatic rings. The zero-order valence-corrected chi connectivity index (χ0v) is 16.4. The third-order valence-corrected chi connectivity index (χ3v) is 4.68. The van der Waals surface area contributed by atoms with Crippen LogP contribution in [0.3, 0.4) is 0 Å². The van der Waals surface area contributed by atoms with E-state index in [4.69, 9.17) is 21.1 Å². The van der Waals surface area contributed by atoms with Crippen molar-refractivity contribution in [1.82, 2.24) is 4.90 Å². The van der Waals surface area contributed by atoms with Gasteiger partial charge in [0.1, 0.15) is 0 Å². The molecule has 0 aromatic rings. The van der Waals surface area contributed by atoms with Crippen LogP contribution in [0.5, 0.6) is 0 Å². The molecule has 0 spiro atoms. The van der Waals surface area contributed by atoms with Crippen molar-refractivity contribution in [3.63, 3.8) is 0 Å². The predicted molar refractivity (Wildman–Crippen MR) is 93.5 cm³/mol. The minimum atomic E-state index is -0.948. The largest absolute Gasteiger partial charge is 0.466 e. The Morgan fingerprint density at radius 2 is 1.87 bits per heavy atom. The van der Waals surface area contributed by atoms with Gasteiger partial charge in [-0.05, 0) is 39.8 Å². The fraction of sp³-hybridized carbons (Fsp3) is 0.941. The van der Waals surface area contributed by atoms with Gasteiger partial charge in [-0.2, -0.15) is 0 Å². The number of rotatable bonds is 11. The molecule has 6 heteroatoms. The van der Waals surface area contributed by atoms with E-state index in [-0.39, 0.29) is 28.6 Å². The molecule has 1 N–H and O–H groups in total. The number of ether oxygens (including phenoxy) is 2. The summed E-state index contributed by atoms with van der Waals surface area (Å²) < 4.78 is 10.6. The first kappa shape index (κ1) is 22.6. The minimum Gasteiger partial charge on any atom is -0.466 e. The van der Waals surface area contributed by atoms with Crippen LogP contribution in [-0.4, -0.2) is 61.5 Å². The van der Waals surface area contributed by atoms with Crippen LogP contribution in [0.15, 0.2) is 0 Å². The Kier molecular flexibility index (Phi) is 10.3. The molecule has 138 valence electrons. The van der Waals surface area contributed by atoms with E-state index in [2.05, 4.69) is 0 Å².